The number of pyridine rings is 2. The first-order valence-corrected chi connectivity index (χ1v) is 15.2. The normalized spacial score (nSPS) is 11.5. The van der Waals surface area contributed by atoms with Crippen LogP contribution in [0.1, 0.15) is 45.7 Å². The molecule has 0 fully saturated rings. The molecule has 2 amide bonds. The van der Waals surface area contributed by atoms with Crippen LogP contribution in [0.2, 0.25) is 0 Å². The summed E-state index contributed by atoms with van der Waals surface area (Å²) < 4.78 is 0. The van der Waals surface area contributed by atoms with Gasteiger partial charge in [0.15, 0.2) is 0 Å². The van der Waals surface area contributed by atoms with Crippen molar-refractivity contribution < 1.29 is 9.59 Å². The lowest BCUT2D eigenvalue weighted by molar-refractivity contribution is 0.0921. The molecule has 0 aliphatic carbocycles. The van der Waals surface area contributed by atoms with Crippen LogP contribution in [-0.4, -0.2) is 34.9 Å². The van der Waals surface area contributed by atoms with Crippen molar-refractivity contribution >= 4 is 33.6 Å². The zero-order chi connectivity index (χ0) is 31.6. The number of rotatable bonds is 8. The minimum Gasteiger partial charge on any atom is -0.351 e. The smallest absolute Gasteiger partial charge is 0.252 e. The summed E-state index contributed by atoms with van der Waals surface area (Å²) in [6.07, 6.45) is 0. The van der Waals surface area contributed by atoms with E-state index < -0.39 is 5.41 Å². The van der Waals surface area contributed by atoms with E-state index in [1.54, 1.807) is 0 Å². The molecule has 0 atom stereocenters. The molecular formula is C39H36N4O2. The zero-order valence-corrected chi connectivity index (χ0v) is 26.0. The van der Waals surface area contributed by atoms with Gasteiger partial charge in [-0.2, -0.15) is 0 Å². The minimum atomic E-state index is -0.421. The van der Waals surface area contributed by atoms with E-state index in [1.165, 1.54) is 0 Å². The van der Waals surface area contributed by atoms with Crippen molar-refractivity contribution in [3.8, 4) is 22.5 Å². The molecule has 0 bridgehead atoms. The van der Waals surface area contributed by atoms with Gasteiger partial charge in [-0.15, -0.1) is 0 Å². The Kier molecular flexibility index (Phi) is 8.14. The molecule has 224 valence electrons. The number of carbonyl (C=O) groups excluding carboxylic acids is 2. The summed E-state index contributed by atoms with van der Waals surface area (Å²) >= 11 is 0. The Hall–Kier alpha value is -5.36. The third kappa shape index (κ3) is 6.60. The highest BCUT2D eigenvalue weighted by atomic mass is 16.2. The first kappa shape index (κ1) is 29.7. The number of aromatic nitrogens is 2. The van der Waals surface area contributed by atoms with Crippen molar-refractivity contribution in [3.63, 3.8) is 0 Å². The maximum Gasteiger partial charge on any atom is 0.252 e. The van der Waals surface area contributed by atoms with Crippen LogP contribution in [0.15, 0.2) is 109 Å². The first-order chi connectivity index (χ1) is 21.7. The van der Waals surface area contributed by atoms with Gasteiger partial charge >= 0.3 is 0 Å². The van der Waals surface area contributed by atoms with Crippen molar-refractivity contribution in [2.24, 2.45) is 5.41 Å². The summed E-state index contributed by atoms with van der Waals surface area (Å²) in [7, 11) is 0. The van der Waals surface area contributed by atoms with E-state index in [1.807, 2.05) is 125 Å². The highest BCUT2D eigenvalue weighted by Crippen LogP contribution is 2.27. The number of nitrogens with zero attached hydrogens (tertiary/aromatic N) is 2. The average Bonchev–Trinajstić information content (AvgIpc) is 3.05. The van der Waals surface area contributed by atoms with Crippen molar-refractivity contribution in [1.29, 1.82) is 0 Å². The number of carbonyl (C=O) groups is 2. The van der Waals surface area contributed by atoms with Gasteiger partial charge < -0.3 is 10.6 Å². The third-order valence-corrected chi connectivity index (χ3v) is 8.00. The van der Waals surface area contributed by atoms with E-state index in [0.29, 0.717) is 24.2 Å². The van der Waals surface area contributed by atoms with Crippen molar-refractivity contribution in [3.05, 3.63) is 131 Å². The van der Waals surface area contributed by atoms with Crippen LogP contribution in [0.4, 0.5) is 0 Å². The number of amides is 2. The Morgan fingerprint density at radius 3 is 1.42 bits per heavy atom. The fraction of sp³-hybridized carbons (Fsp3) is 0.179. The molecule has 0 saturated heterocycles. The number of nitrogens with one attached hydrogen (secondary N) is 2. The summed E-state index contributed by atoms with van der Waals surface area (Å²) in [4.78, 5) is 36.9. The van der Waals surface area contributed by atoms with Crippen LogP contribution in [0.3, 0.4) is 0 Å². The lowest BCUT2D eigenvalue weighted by atomic mass is 9.92. The topological polar surface area (TPSA) is 84.0 Å². The Labute approximate surface area is 263 Å². The molecule has 0 aliphatic heterocycles. The monoisotopic (exact) mass is 592 g/mol. The molecule has 2 aromatic heterocycles. The first-order valence-electron chi connectivity index (χ1n) is 15.2. The summed E-state index contributed by atoms with van der Waals surface area (Å²) in [6.45, 7) is 8.87. The van der Waals surface area contributed by atoms with Crippen LogP contribution in [-0.2, 0) is 0 Å². The van der Waals surface area contributed by atoms with Gasteiger partial charge in [-0.3, -0.25) is 9.59 Å². The molecule has 6 nitrogen and oxygen atoms in total. The molecule has 0 radical (unpaired) electrons. The van der Waals surface area contributed by atoms with Crippen LogP contribution in [0.5, 0.6) is 0 Å². The van der Waals surface area contributed by atoms with Crippen molar-refractivity contribution in [1.82, 2.24) is 20.6 Å². The quantitative estimate of drug-likeness (QED) is 0.188. The molecule has 2 heterocycles. The van der Waals surface area contributed by atoms with Gasteiger partial charge in [-0.1, -0.05) is 97.8 Å². The predicted octanol–water partition coefficient (Wildman–Crippen LogP) is 7.92. The van der Waals surface area contributed by atoms with E-state index in [0.717, 1.165) is 55.4 Å². The molecular weight excluding hydrogens is 556 g/mol. The number of fused-ring (bicyclic) bond motifs is 2. The number of hydrogen-bond donors (Lipinski definition) is 2. The standard InChI is InChI=1S/C39H36N4O2/c1-25-11-9-13-27(19-25)35-21-31(29-15-5-7-17-33(29)42-35)37(44)40-23-39(3,4)24-41-38(45)32-22-36(28-14-10-12-26(2)20-28)43-34-18-8-6-16-30(32)34/h5-22H,23-24H2,1-4H3,(H,40,44)(H,41,45). The lowest BCUT2D eigenvalue weighted by Crippen LogP contribution is -2.42. The van der Waals surface area contributed by atoms with Crippen molar-refractivity contribution in [2.75, 3.05) is 13.1 Å². The second-order valence-electron chi connectivity index (χ2n) is 12.4. The number of hydrogen-bond acceptors (Lipinski definition) is 4. The largest absolute Gasteiger partial charge is 0.351 e. The van der Waals surface area contributed by atoms with Crippen molar-refractivity contribution in [2.45, 2.75) is 27.7 Å². The van der Waals surface area contributed by atoms with E-state index in [-0.39, 0.29) is 11.8 Å². The molecule has 6 aromatic rings. The Bertz CT molecular complexity index is 1920. The summed E-state index contributed by atoms with van der Waals surface area (Å²) in [5.41, 5.74) is 7.95. The van der Waals surface area contributed by atoms with Crippen LogP contribution in [0.25, 0.3) is 44.3 Å². The Morgan fingerprint density at radius 1 is 0.578 bits per heavy atom. The summed E-state index contributed by atoms with van der Waals surface area (Å²) in [5.74, 6) is -0.352. The van der Waals surface area contributed by atoms with Crippen LogP contribution < -0.4 is 10.6 Å². The summed E-state index contributed by atoms with van der Waals surface area (Å²) in [5, 5.41) is 7.84. The highest BCUT2D eigenvalue weighted by molar-refractivity contribution is 6.08. The number of aryl methyl sites for hydroxylation is 2. The molecule has 6 heteroatoms. The third-order valence-electron chi connectivity index (χ3n) is 8.00. The van der Waals surface area contributed by atoms with E-state index in [9.17, 15) is 9.59 Å². The molecule has 45 heavy (non-hydrogen) atoms. The molecule has 0 unspecified atom stereocenters. The molecule has 2 N–H and O–H groups in total. The summed E-state index contributed by atoms with van der Waals surface area (Å²) in [6, 6.07) is 35.3. The van der Waals surface area contributed by atoms with E-state index in [4.69, 9.17) is 9.97 Å². The van der Waals surface area contributed by atoms with Gasteiger partial charge in [0.1, 0.15) is 0 Å². The number of para-hydroxylation sites is 2. The fourth-order valence-electron chi connectivity index (χ4n) is 5.52. The van der Waals surface area contributed by atoms with Gasteiger partial charge in [0.2, 0.25) is 0 Å². The zero-order valence-electron chi connectivity index (χ0n) is 26.0. The second-order valence-corrected chi connectivity index (χ2v) is 12.4. The molecule has 0 spiro atoms. The average molecular weight is 593 g/mol. The van der Waals surface area contributed by atoms with Gasteiger partial charge in [0.25, 0.3) is 11.8 Å². The Balaban J connectivity index is 1.19. The van der Waals surface area contributed by atoms with Crippen LogP contribution in [0, 0.1) is 19.3 Å². The highest BCUT2D eigenvalue weighted by Gasteiger charge is 2.23. The maximum atomic E-state index is 13.6. The minimum absolute atomic E-state index is 0.176. The molecule has 6 rings (SSSR count). The van der Waals surface area contributed by atoms with Crippen LogP contribution >= 0.6 is 0 Å². The van der Waals surface area contributed by atoms with Gasteiger partial charge in [-0.05, 0) is 55.7 Å². The van der Waals surface area contributed by atoms with E-state index in [2.05, 4.69) is 22.8 Å². The van der Waals surface area contributed by atoms with Gasteiger partial charge in [0.05, 0.1) is 33.5 Å². The van der Waals surface area contributed by atoms with Gasteiger partial charge in [-0.25, -0.2) is 9.97 Å². The molecule has 4 aromatic carbocycles. The predicted molar refractivity (Wildman–Crippen MR) is 182 cm³/mol. The second kappa shape index (κ2) is 12.3. The number of benzene rings is 4. The van der Waals surface area contributed by atoms with E-state index >= 15 is 0 Å². The SMILES string of the molecule is Cc1cccc(-c2cc(C(=O)NCC(C)(C)CNC(=O)c3cc(-c4cccc(C)c4)nc4ccccc34)c3ccccc3n2)c1. The maximum absolute atomic E-state index is 13.6. The Morgan fingerprint density at radius 2 is 1.00 bits per heavy atom. The van der Waals surface area contributed by atoms with Gasteiger partial charge in [0, 0.05) is 35.0 Å². The molecule has 0 aliphatic rings. The molecule has 0 saturated carbocycles. The lowest BCUT2D eigenvalue weighted by Gasteiger charge is -2.26. The fourth-order valence-corrected chi connectivity index (χ4v) is 5.52.